The second kappa shape index (κ2) is 6.27. The first-order valence-corrected chi connectivity index (χ1v) is 5.79. The van der Waals surface area contributed by atoms with Crippen molar-refractivity contribution in [1.82, 2.24) is 15.2 Å². The Morgan fingerprint density at radius 1 is 1.40 bits per heavy atom. The topological polar surface area (TPSA) is 126 Å². The van der Waals surface area contributed by atoms with E-state index in [0.717, 1.165) is 0 Å². The number of benzene rings is 1. The number of aromatic nitrogens is 3. The van der Waals surface area contributed by atoms with E-state index in [2.05, 4.69) is 25.8 Å². The van der Waals surface area contributed by atoms with E-state index in [4.69, 9.17) is 0 Å². The third-order valence-corrected chi connectivity index (χ3v) is 2.44. The molecule has 0 saturated heterocycles. The number of para-hydroxylation sites is 2. The second-order valence-corrected chi connectivity index (χ2v) is 3.83. The lowest BCUT2D eigenvalue weighted by molar-refractivity contribution is -0.384. The fraction of sp³-hybridized carbons (Fsp3) is 0.182. The van der Waals surface area contributed by atoms with Gasteiger partial charge in [0.1, 0.15) is 12.0 Å². The molecule has 104 valence electrons. The molecule has 3 N–H and O–H groups in total. The molecule has 0 fully saturated rings. The summed E-state index contributed by atoms with van der Waals surface area (Å²) in [6.45, 7) is 0.269. The molecule has 20 heavy (non-hydrogen) atoms. The van der Waals surface area contributed by atoms with Gasteiger partial charge in [0.25, 0.3) is 5.69 Å². The van der Waals surface area contributed by atoms with Crippen molar-refractivity contribution in [2.75, 3.05) is 17.2 Å². The lowest BCUT2D eigenvalue weighted by Gasteiger charge is -2.06. The van der Waals surface area contributed by atoms with E-state index in [9.17, 15) is 14.9 Å². The number of amides is 1. The van der Waals surface area contributed by atoms with Crippen LogP contribution >= 0.6 is 0 Å². The molecular weight excluding hydrogens is 264 g/mol. The standard InChI is InChI=1S/C11H12N6O3/c18-10(15-11-13-7-14-16-11)5-6-12-8-3-1-2-4-9(8)17(19)20/h1-4,7,12H,5-6H2,(H2,13,14,15,16,18). The number of hydrogen-bond donors (Lipinski definition) is 3. The molecule has 0 atom stereocenters. The Hall–Kier alpha value is -2.97. The van der Waals surface area contributed by atoms with Gasteiger partial charge in [-0.2, -0.15) is 10.1 Å². The van der Waals surface area contributed by atoms with Gasteiger partial charge in [-0.1, -0.05) is 12.1 Å². The number of anilines is 2. The summed E-state index contributed by atoms with van der Waals surface area (Å²) in [7, 11) is 0. The van der Waals surface area contributed by atoms with Crippen LogP contribution in [-0.2, 0) is 4.79 Å². The summed E-state index contributed by atoms with van der Waals surface area (Å²) in [6.07, 6.45) is 1.42. The average molecular weight is 276 g/mol. The quantitative estimate of drug-likeness (QED) is 0.536. The van der Waals surface area contributed by atoms with Gasteiger partial charge in [0.05, 0.1) is 4.92 Å². The highest BCUT2D eigenvalue weighted by Gasteiger charge is 2.12. The Bertz CT molecular complexity index is 598. The fourth-order valence-electron chi connectivity index (χ4n) is 1.55. The Kier molecular flexibility index (Phi) is 4.22. The van der Waals surface area contributed by atoms with Crippen molar-refractivity contribution in [3.05, 3.63) is 40.7 Å². The van der Waals surface area contributed by atoms with Crippen LogP contribution in [0.1, 0.15) is 6.42 Å². The number of nitrogens with zero attached hydrogens (tertiary/aromatic N) is 3. The number of nitrogens with one attached hydrogen (secondary N) is 3. The number of nitro groups is 1. The minimum absolute atomic E-state index is 0.0249. The van der Waals surface area contributed by atoms with Crippen LogP contribution in [0.3, 0.4) is 0 Å². The first kappa shape index (κ1) is 13.5. The van der Waals surface area contributed by atoms with Crippen LogP contribution in [0.2, 0.25) is 0 Å². The normalized spacial score (nSPS) is 10.0. The maximum Gasteiger partial charge on any atom is 0.292 e. The van der Waals surface area contributed by atoms with E-state index in [-0.39, 0.29) is 30.5 Å². The predicted molar refractivity (Wildman–Crippen MR) is 71.2 cm³/mol. The molecule has 0 spiro atoms. The molecule has 9 heteroatoms. The summed E-state index contributed by atoms with van der Waals surface area (Å²) < 4.78 is 0. The van der Waals surface area contributed by atoms with Crippen molar-refractivity contribution >= 4 is 23.2 Å². The average Bonchev–Trinajstić information content (AvgIpc) is 2.92. The van der Waals surface area contributed by atoms with Gasteiger partial charge in [-0.25, -0.2) is 5.10 Å². The van der Waals surface area contributed by atoms with Crippen molar-refractivity contribution in [3.63, 3.8) is 0 Å². The van der Waals surface area contributed by atoms with Crippen LogP contribution in [0.5, 0.6) is 0 Å². The molecule has 9 nitrogen and oxygen atoms in total. The third-order valence-electron chi connectivity index (χ3n) is 2.44. The monoisotopic (exact) mass is 276 g/mol. The summed E-state index contributed by atoms with van der Waals surface area (Å²) in [5.41, 5.74) is 0.355. The van der Waals surface area contributed by atoms with Gasteiger partial charge in [0.15, 0.2) is 0 Å². The van der Waals surface area contributed by atoms with Crippen LogP contribution < -0.4 is 10.6 Å². The van der Waals surface area contributed by atoms with E-state index < -0.39 is 4.92 Å². The Balaban J connectivity index is 1.84. The van der Waals surface area contributed by atoms with Gasteiger partial charge in [-0.3, -0.25) is 20.2 Å². The molecule has 0 aliphatic heterocycles. The lowest BCUT2D eigenvalue weighted by Crippen LogP contribution is -2.17. The van der Waals surface area contributed by atoms with E-state index in [0.29, 0.717) is 5.69 Å². The Morgan fingerprint density at radius 2 is 2.20 bits per heavy atom. The smallest absolute Gasteiger partial charge is 0.292 e. The van der Waals surface area contributed by atoms with Crippen LogP contribution in [0.25, 0.3) is 0 Å². The molecule has 0 unspecified atom stereocenters. The molecule has 1 aromatic carbocycles. The number of carbonyl (C=O) groups is 1. The number of hydrogen-bond acceptors (Lipinski definition) is 6. The van der Waals surface area contributed by atoms with Gasteiger partial charge in [-0.15, -0.1) is 0 Å². The van der Waals surface area contributed by atoms with E-state index in [1.807, 2.05) is 0 Å². The molecule has 2 rings (SSSR count). The summed E-state index contributed by atoms with van der Waals surface area (Å²) in [4.78, 5) is 25.6. The SMILES string of the molecule is O=C(CCNc1ccccc1[N+](=O)[O-])Nc1ncn[nH]1. The lowest BCUT2D eigenvalue weighted by atomic mass is 10.2. The van der Waals surface area contributed by atoms with Gasteiger partial charge >= 0.3 is 0 Å². The number of nitro benzene ring substituents is 1. The predicted octanol–water partition coefficient (Wildman–Crippen LogP) is 1.15. The molecule has 0 bridgehead atoms. The van der Waals surface area contributed by atoms with Crippen LogP contribution in [0.4, 0.5) is 17.3 Å². The zero-order chi connectivity index (χ0) is 14.4. The summed E-state index contributed by atoms with van der Waals surface area (Å²) in [5, 5.41) is 22.2. The fourth-order valence-corrected chi connectivity index (χ4v) is 1.55. The van der Waals surface area contributed by atoms with E-state index >= 15 is 0 Å². The zero-order valence-electron chi connectivity index (χ0n) is 10.4. The van der Waals surface area contributed by atoms with Crippen molar-refractivity contribution in [2.45, 2.75) is 6.42 Å². The maximum absolute atomic E-state index is 11.5. The van der Waals surface area contributed by atoms with E-state index in [1.165, 1.54) is 12.4 Å². The minimum Gasteiger partial charge on any atom is -0.379 e. The highest BCUT2D eigenvalue weighted by Crippen LogP contribution is 2.22. The first-order valence-electron chi connectivity index (χ1n) is 5.79. The molecule has 0 aliphatic rings. The first-order chi connectivity index (χ1) is 9.66. The zero-order valence-corrected chi connectivity index (χ0v) is 10.4. The van der Waals surface area contributed by atoms with Crippen molar-refractivity contribution in [3.8, 4) is 0 Å². The second-order valence-electron chi connectivity index (χ2n) is 3.83. The summed E-state index contributed by atoms with van der Waals surface area (Å²) >= 11 is 0. The van der Waals surface area contributed by atoms with Gasteiger partial charge < -0.3 is 5.32 Å². The third kappa shape index (κ3) is 3.51. The summed E-state index contributed by atoms with van der Waals surface area (Å²) in [6, 6.07) is 6.26. The largest absolute Gasteiger partial charge is 0.379 e. The molecular formula is C11H12N6O3. The van der Waals surface area contributed by atoms with Crippen LogP contribution in [0.15, 0.2) is 30.6 Å². The molecule has 0 saturated carbocycles. The van der Waals surface area contributed by atoms with Gasteiger partial charge in [0.2, 0.25) is 11.9 Å². The molecule has 2 aromatic rings. The number of aromatic amines is 1. The molecule has 1 amide bonds. The van der Waals surface area contributed by atoms with Crippen molar-refractivity contribution in [1.29, 1.82) is 0 Å². The van der Waals surface area contributed by atoms with Crippen LogP contribution in [-0.4, -0.2) is 32.6 Å². The minimum atomic E-state index is -0.475. The van der Waals surface area contributed by atoms with Crippen LogP contribution in [0, 0.1) is 10.1 Å². The number of H-pyrrole nitrogens is 1. The molecule has 1 heterocycles. The summed E-state index contributed by atoms with van der Waals surface area (Å²) in [5.74, 6) is -0.00599. The highest BCUT2D eigenvalue weighted by atomic mass is 16.6. The van der Waals surface area contributed by atoms with E-state index in [1.54, 1.807) is 18.2 Å². The number of carbonyl (C=O) groups excluding carboxylic acids is 1. The van der Waals surface area contributed by atoms with Crippen molar-refractivity contribution in [2.24, 2.45) is 0 Å². The molecule has 0 aliphatic carbocycles. The molecule has 0 radical (unpaired) electrons. The maximum atomic E-state index is 11.5. The molecule has 1 aromatic heterocycles. The van der Waals surface area contributed by atoms with Crippen molar-refractivity contribution < 1.29 is 9.72 Å². The van der Waals surface area contributed by atoms with Gasteiger partial charge in [-0.05, 0) is 6.07 Å². The van der Waals surface area contributed by atoms with Gasteiger partial charge in [0, 0.05) is 19.0 Å². The Labute approximate surface area is 113 Å². The Morgan fingerprint density at radius 3 is 2.90 bits per heavy atom. The number of rotatable bonds is 6. The highest BCUT2D eigenvalue weighted by molar-refractivity contribution is 5.89.